The van der Waals surface area contributed by atoms with Crippen LogP contribution in [-0.4, -0.2) is 12.3 Å². The molecule has 1 aromatic rings. The van der Waals surface area contributed by atoms with E-state index in [2.05, 4.69) is 19.2 Å². The molecule has 0 saturated carbocycles. The van der Waals surface area contributed by atoms with Crippen LogP contribution in [0.5, 0.6) is 0 Å². The molecule has 0 radical (unpaired) electrons. The van der Waals surface area contributed by atoms with Crippen LogP contribution in [0.4, 0.5) is 4.39 Å². The second kappa shape index (κ2) is 5.87. The van der Waals surface area contributed by atoms with Crippen LogP contribution in [0, 0.1) is 12.7 Å². The summed E-state index contributed by atoms with van der Waals surface area (Å²) in [4.78, 5) is 0. The Bertz CT molecular complexity index is 392. The van der Waals surface area contributed by atoms with E-state index in [0.29, 0.717) is 0 Å². The number of benzene rings is 1. The van der Waals surface area contributed by atoms with Gasteiger partial charge < -0.3 is 5.32 Å². The first-order valence-electron chi connectivity index (χ1n) is 6.33. The van der Waals surface area contributed by atoms with Gasteiger partial charge in [-0.25, -0.2) is 4.39 Å². The summed E-state index contributed by atoms with van der Waals surface area (Å²) in [5.41, 5.74) is 3.35. The fourth-order valence-electron chi connectivity index (χ4n) is 2.36. The van der Waals surface area contributed by atoms with Crippen molar-refractivity contribution < 1.29 is 4.39 Å². The van der Waals surface area contributed by atoms with Crippen LogP contribution in [-0.2, 0) is 5.75 Å². The first kappa shape index (κ1) is 12.9. The predicted octanol–water partition coefficient (Wildman–Crippen LogP) is 3.81. The van der Waals surface area contributed by atoms with Crippen LogP contribution in [0.3, 0.4) is 0 Å². The Morgan fingerprint density at radius 1 is 1.47 bits per heavy atom. The molecule has 1 unspecified atom stereocenters. The lowest BCUT2D eigenvalue weighted by Crippen LogP contribution is -2.24. The number of thioether (sulfide) groups is 1. The van der Waals surface area contributed by atoms with E-state index in [-0.39, 0.29) is 11.9 Å². The van der Waals surface area contributed by atoms with Crippen molar-refractivity contribution in [3.05, 3.63) is 34.6 Å². The molecule has 0 bridgehead atoms. The van der Waals surface area contributed by atoms with Gasteiger partial charge >= 0.3 is 0 Å². The molecule has 0 amide bonds. The summed E-state index contributed by atoms with van der Waals surface area (Å²) in [5, 5.41) is 3.48. The van der Waals surface area contributed by atoms with Gasteiger partial charge in [-0.1, -0.05) is 13.0 Å². The minimum absolute atomic E-state index is 0.0401. The van der Waals surface area contributed by atoms with Crippen LogP contribution in [0.15, 0.2) is 12.1 Å². The van der Waals surface area contributed by atoms with Gasteiger partial charge in [0.1, 0.15) is 5.82 Å². The van der Waals surface area contributed by atoms with Crippen LogP contribution in [0.2, 0.25) is 0 Å². The van der Waals surface area contributed by atoms with Gasteiger partial charge in [-0.05, 0) is 49.3 Å². The van der Waals surface area contributed by atoms with E-state index >= 15 is 0 Å². The SMILES string of the molecule is CCCNC1CCSCc2c(C)ccc(F)c21. The molecule has 0 aliphatic carbocycles. The molecule has 1 aliphatic heterocycles. The average Bonchev–Trinajstić information content (AvgIpc) is 2.54. The topological polar surface area (TPSA) is 12.0 Å². The van der Waals surface area contributed by atoms with E-state index < -0.39 is 0 Å². The molecule has 0 aromatic heterocycles. The molecule has 1 aromatic carbocycles. The van der Waals surface area contributed by atoms with Crippen LogP contribution in [0.25, 0.3) is 0 Å². The van der Waals surface area contributed by atoms with E-state index in [9.17, 15) is 4.39 Å². The lowest BCUT2D eigenvalue weighted by Gasteiger charge is -2.20. The van der Waals surface area contributed by atoms with Gasteiger partial charge in [0.15, 0.2) is 0 Å². The van der Waals surface area contributed by atoms with Gasteiger partial charge in [0.05, 0.1) is 0 Å². The molecule has 2 rings (SSSR count). The zero-order chi connectivity index (χ0) is 12.3. The molecule has 1 N–H and O–H groups in total. The number of aryl methyl sites for hydroxylation is 1. The maximum atomic E-state index is 14.1. The minimum atomic E-state index is -0.0401. The zero-order valence-corrected chi connectivity index (χ0v) is 11.4. The third-order valence-corrected chi connectivity index (χ3v) is 4.34. The molecule has 3 heteroatoms. The van der Waals surface area contributed by atoms with Gasteiger partial charge in [-0.3, -0.25) is 0 Å². The van der Waals surface area contributed by atoms with Crippen molar-refractivity contribution >= 4 is 11.8 Å². The molecule has 1 atom stereocenters. The summed E-state index contributed by atoms with van der Waals surface area (Å²) in [6, 6.07) is 3.71. The van der Waals surface area contributed by atoms with Gasteiger partial charge in [0.2, 0.25) is 0 Å². The molecule has 0 saturated heterocycles. The van der Waals surface area contributed by atoms with Crippen molar-refractivity contribution in [2.24, 2.45) is 0 Å². The third kappa shape index (κ3) is 2.83. The van der Waals surface area contributed by atoms with Crippen LogP contribution in [0.1, 0.15) is 42.5 Å². The summed E-state index contributed by atoms with van der Waals surface area (Å²) in [6.45, 7) is 5.19. The first-order chi connectivity index (χ1) is 8.24. The average molecular weight is 253 g/mol. The highest BCUT2D eigenvalue weighted by atomic mass is 32.2. The first-order valence-corrected chi connectivity index (χ1v) is 7.48. The maximum Gasteiger partial charge on any atom is 0.128 e. The number of hydrogen-bond acceptors (Lipinski definition) is 2. The third-order valence-electron chi connectivity index (χ3n) is 3.32. The van der Waals surface area contributed by atoms with Crippen molar-refractivity contribution in [2.75, 3.05) is 12.3 Å². The molecular formula is C14H20FNS. The summed E-state index contributed by atoms with van der Waals surface area (Å²) < 4.78 is 14.1. The summed E-state index contributed by atoms with van der Waals surface area (Å²) in [7, 11) is 0. The molecule has 1 heterocycles. The molecular weight excluding hydrogens is 233 g/mol. The van der Waals surface area contributed by atoms with Gasteiger partial charge in [0.25, 0.3) is 0 Å². The Morgan fingerprint density at radius 2 is 2.29 bits per heavy atom. The van der Waals surface area contributed by atoms with Gasteiger partial charge in [-0.15, -0.1) is 0 Å². The summed E-state index contributed by atoms with van der Waals surface area (Å²) >= 11 is 1.91. The molecule has 0 spiro atoms. The molecule has 17 heavy (non-hydrogen) atoms. The second-order valence-corrected chi connectivity index (χ2v) is 5.71. The Balaban J connectivity index is 2.36. The maximum absolute atomic E-state index is 14.1. The Hall–Kier alpha value is -0.540. The van der Waals surface area contributed by atoms with Crippen molar-refractivity contribution in [3.63, 3.8) is 0 Å². The standard InChI is InChI=1S/C14H20FNS/c1-3-7-16-13-6-8-17-9-11-10(2)4-5-12(15)14(11)13/h4-5,13,16H,3,6-9H2,1-2H3. The van der Waals surface area contributed by atoms with E-state index in [4.69, 9.17) is 0 Å². The fraction of sp³-hybridized carbons (Fsp3) is 0.571. The van der Waals surface area contributed by atoms with Crippen molar-refractivity contribution in [3.8, 4) is 0 Å². The number of fused-ring (bicyclic) bond motifs is 1. The Kier molecular flexibility index (Phi) is 4.46. The van der Waals surface area contributed by atoms with Gasteiger partial charge in [0, 0.05) is 17.4 Å². The van der Waals surface area contributed by atoms with Crippen molar-refractivity contribution in [1.29, 1.82) is 0 Å². The Labute approximate surface area is 107 Å². The zero-order valence-electron chi connectivity index (χ0n) is 10.6. The summed E-state index contributed by atoms with van der Waals surface area (Å²) in [5.74, 6) is 2.01. The van der Waals surface area contributed by atoms with Crippen molar-refractivity contribution in [2.45, 2.75) is 38.5 Å². The molecule has 1 aliphatic rings. The van der Waals surface area contributed by atoms with E-state index in [1.54, 1.807) is 6.07 Å². The lowest BCUT2D eigenvalue weighted by atomic mass is 9.95. The monoisotopic (exact) mass is 253 g/mol. The lowest BCUT2D eigenvalue weighted by molar-refractivity contribution is 0.490. The number of halogens is 1. The van der Waals surface area contributed by atoms with E-state index in [1.807, 2.05) is 17.8 Å². The predicted molar refractivity (Wildman–Crippen MR) is 73.0 cm³/mol. The fourth-order valence-corrected chi connectivity index (χ4v) is 3.49. The number of hydrogen-bond donors (Lipinski definition) is 1. The molecule has 0 fully saturated rings. The highest BCUT2D eigenvalue weighted by Crippen LogP contribution is 2.34. The van der Waals surface area contributed by atoms with Crippen LogP contribution >= 0.6 is 11.8 Å². The number of rotatable bonds is 3. The van der Waals surface area contributed by atoms with Gasteiger partial charge in [-0.2, -0.15) is 11.8 Å². The highest BCUT2D eigenvalue weighted by molar-refractivity contribution is 7.98. The highest BCUT2D eigenvalue weighted by Gasteiger charge is 2.22. The van der Waals surface area contributed by atoms with Crippen LogP contribution < -0.4 is 5.32 Å². The molecule has 1 nitrogen and oxygen atoms in total. The summed E-state index contributed by atoms with van der Waals surface area (Å²) in [6.07, 6.45) is 2.12. The smallest absolute Gasteiger partial charge is 0.128 e. The van der Waals surface area contributed by atoms with Crippen molar-refractivity contribution in [1.82, 2.24) is 5.32 Å². The number of nitrogens with one attached hydrogen (secondary N) is 1. The quantitative estimate of drug-likeness (QED) is 0.879. The molecule has 94 valence electrons. The second-order valence-electron chi connectivity index (χ2n) is 4.60. The Morgan fingerprint density at radius 3 is 3.06 bits per heavy atom. The largest absolute Gasteiger partial charge is 0.310 e. The van der Waals surface area contributed by atoms with E-state index in [1.165, 1.54) is 11.1 Å². The normalized spacial score (nSPS) is 19.8. The minimum Gasteiger partial charge on any atom is -0.310 e. The van der Waals surface area contributed by atoms with E-state index in [0.717, 1.165) is 36.5 Å².